The smallest absolute Gasteiger partial charge is 0.255 e. The van der Waals surface area contributed by atoms with Gasteiger partial charge in [-0.25, -0.2) is 4.39 Å². The van der Waals surface area contributed by atoms with E-state index in [0.717, 1.165) is 31.6 Å². The fourth-order valence-corrected chi connectivity index (χ4v) is 6.38. The Kier molecular flexibility index (Phi) is 6.29. The first kappa shape index (κ1) is 25.4. The van der Waals surface area contributed by atoms with E-state index in [1.165, 1.54) is 16.9 Å². The first-order valence-electron chi connectivity index (χ1n) is 13.2. The van der Waals surface area contributed by atoms with Gasteiger partial charge in [-0.15, -0.1) is 10.2 Å². The maximum Gasteiger partial charge on any atom is 0.255 e. The first-order valence-corrected chi connectivity index (χ1v) is 13.2. The molecular weight excluding hydrogens is 501 g/mol. The standard InChI is InChI=1S/C29H30FN5O4/c1-29(2)15-34(13-17-3-5-18(6-4-17)27-33-31-16-39-27)12-11-22(29)20-8-7-19-21(25(20)30)14-35(28(19)38)23-9-10-24(36)32-26(23)37/h3-8,16,22-23H,9-15H2,1-2H3,(H,32,36,37). The van der Waals surface area contributed by atoms with Crippen molar-refractivity contribution < 1.29 is 23.2 Å². The number of nitrogens with zero attached hydrogens (tertiary/aromatic N) is 4. The molecule has 0 spiro atoms. The average molecular weight is 532 g/mol. The molecule has 10 heteroatoms. The molecule has 3 aromatic rings. The lowest BCUT2D eigenvalue weighted by atomic mass is 9.70. The van der Waals surface area contributed by atoms with Crippen LogP contribution in [0.5, 0.6) is 0 Å². The normalized spacial score (nSPS) is 23.2. The number of benzene rings is 2. The maximum absolute atomic E-state index is 16.0. The second-order valence-electron chi connectivity index (χ2n) is 11.4. The third kappa shape index (κ3) is 4.63. The molecule has 39 heavy (non-hydrogen) atoms. The number of piperidine rings is 2. The lowest BCUT2D eigenvalue weighted by molar-refractivity contribution is -0.136. The van der Waals surface area contributed by atoms with Gasteiger partial charge in [0.05, 0.1) is 6.54 Å². The van der Waals surface area contributed by atoms with Crippen LogP contribution in [0.1, 0.15) is 66.1 Å². The van der Waals surface area contributed by atoms with E-state index < -0.39 is 11.9 Å². The number of carbonyl (C=O) groups excluding carboxylic acids is 3. The van der Waals surface area contributed by atoms with Crippen LogP contribution in [0.2, 0.25) is 0 Å². The van der Waals surface area contributed by atoms with E-state index in [2.05, 4.69) is 46.4 Å². The number of amides is 3. The van der Waals surface area contributed by atoms with Crippen LogP contribution in [0.25, 0.3) is 11.5 Å². The van der Waals surface area contributed by atoms with Crippen LogP contribution in [0.4, 0.5) is 4.39 Å². The molecule has 6 rings (SSSR count). The molecule has 3 aliphatic heterocycles. The largest absolute Gasteiger partial charge is 0.423 e. The average Bonchev–Trinajstić information content (AvgIpc) is 3.54. The minimum absolute atomic E-state index is 0.0151. The number of carbonyl (C=O) groups is 3. The SMILES string of the molecule is CC1(C)CN(Cc2ccc(-c3nnco3)cc2)CCC1c1ccc2c(c1F)CN(C1CCC(=O)NC1=O)C2=O. The van der Waals surface area contributed by atoms with Gasteiger partial charge in [-0.1, -0.05) is 32.0 Å². The topological polar surface area (TPSA) is 109 Å². The van der Waals surface area contributed by atoms with Gasteiger partial charge in [0.2, 0.25) is 24.1 Å². The number of hydrogen-bond donors (Lipinski definition) is 1. The van der Waals surface area contributed by atoms with Gasteiger partial charge in [0.15, 0.2) is 0 Å². The number of hydrogen-bond acceptors (Lipinski definition) is 7. The second kappa shape index (κ2) is 9.68. The highest BCUT2D eigenvalue weighted by Gasteiger charge is 2.43. The number of rotatable bonds is 5. The summed E-state index contributed by atoms with van der Waals surface area (Å²) in [6.45, 7) is 6.76. The Morgan fingerprint density at radius 3 is 2.59 bits per heavy atom. The summed E-state index contributed by atoms with van der Waals surface area (Å²) in [7, 11) is 0. The fourth-order valence-electron chi connectivity index (χ4n) is 6.38. The minimum atomic E-state index is -0.758. The molecule has 4 heterocycles. The fraction of sp³-hybridized carbons (Fsp3) is 0.414. The molecule has 0 bridgehead atoms. The van der Waals surface area contributed by atoms with E-state index in [1.807, 2.05) is 12.1 Å². The number of halogens is 1. The molecule has 202 valence electrons. The molecule has 1 aromatic heterocycles. The number of fused-ring (bicyclic) bond motifs is 1. The van der Waals surface area contributed by atoms with Gasteiger partial charge in [0.1, 0.15) is 11.9 Å². The first-order chi connectivity index (χ1) is 18.7. The third-order valence-electron chi connectivity index (χ3n) is 8.33. The molecule has 0 saturated carbocycles. The van der Waals surface area contributed by atoms with Gasteiger partial charge < -0.3 is 9.32 Å². The molecule has 2 aromatic carbocycles. The zero-order chi connectivity index (χ0) is 27.3. The highest BCUT2D eigenvalue weighted by atomic mass is 19.1. The van der Waals surface area contributed by atoms with Crippen molar-refractivity contribution in [1.29, 1.82) is 0 Å². The summed E-state index contributed by atoms with van der Waals surface area (Å²) in [5, 5.41) is 9.96. The molecule has 3 amide bonds. The predicted molar refractivity (Wildman–Crippen MR) is 139 cm³/mol. The molecule has 2 unspecified atom stereocenters. The molecule has 1 N–H and O–H groups in total. The Morgan fingerprint density at radius 2 is 1.90 bits per heavy atom. The van der Waals surface area contributed by atoms with Crippen LogP contribution >= 0.6 is 0 Å². The van der Waals surface area contributed by atoms with Crippen molar-refractivity contribution in [2.24, 2.45) is 5.41 Å². The monoisotopic (exact) mass is 531 g/mol. The molecular formula is C29H30FN5O4. The summed E-state index contributed by atoms with van der Waals surface area (Å²) < 4.78 is 21.3. The number of likely N-dealkylation sites (tertiary alicyclic amines) is 1. The Labute approximate surface area is 225 Å². The van der Waals surface area contributed by atoms with Gasteiger partial charge >= 0.3 is 0 Å². The third-order valence-corrected chi connectivity index (χ3v) is 8.33. The van der Waals surface area contributed by atoms with Crippen molar-refractivity contribution in [2.75, 3.05) is 13.1 Å². The molecule has 2 atom stereocenters. The second-order valence-corrected chi connectivity index (χ2v) is 11.4. The van der Waals surface area contributed by atoms with E-state index in [0.29, 0.717) is 22.6 Å². The lowest BCUT2D eigenvalue weighted by Gasteiger charge is -2.45. The molecule has 3 aliphatic rings. The van der Waals surface area contributed by atoms with Gasteiger partial charge in [0, 0.05) is 36.2 Å². The molecule has 9 nitrogen and oxygen atoms in total. The van der Waals surface area contributed by atoms with E-state index in [9.17, 15) is 14.4 Å². The Balaban J connectivity index is 1.16. The van der Waals surface area contributed by atoms with Crippen LogP contribution in [-0.4, -0.2) is 56.9 Å². The zero-order valence-electron chi connectivity index (χ0n) is 21.9. The number of nitrogens with one attached hydrogen (secondary N) is 1. The molecule has 0 radical (unpaired) electrons. The van der Waals surface area contributed by atoms with Crippen LogP contribution in [0.3, 0.4) is 0 Å². The summed E-state index contributed by atoms with van der Waals surface area (Å²) >= 11 is 0. The quantitative estimate of drug-likeness (QED) is 0.501. The van der Waals surface area contributed by atoms with Crippen molar-refractivity contribution in [1.82, 2.24) is 25.3 Å². The summed E-state index contributed by atoms with van der Waals surface area (Å²) in [6, 6.07) is 10.8. The zero-order valence-corrected chi connectivity index (χ0v) is 21.9. The summed E-state index contributed by atoms with van der Waals surface area (Å²) in [6.07, 6.45) is 2.52. The predicted octanol–water partition coefficient (Wildman–Crippen LogP) is 3.65. The van der Waals surface area contributed by atoms with E-state index in [4.69, 9.17) is 4.42 Å². The maximum atomic E-state index is 16.0. The summed E-state index contributed by atoms with van der Waals surface area (Å²) in [5.41, 5.74) is 3.12. The van der Waals surface area contributed by atoms with Crippen molar-refractivity contribution in [3.8, 4) is 11.5 Å². The van der Waals surface area contributed by atoms with Gasteiger partial charge in [-0.05, 0) is 60.0 Å². The number of aromatic nitrogens is 2. The van der Waals surface area contributed by atoms with Gasteiger partial charge in [-0.3, -0.25) is 24.6 Å². The van der Waals surface area contributed by atoms with Crippen LogP contribution < -0.4 is 5.32 Å². The highest BCUT2D eigenvalue weighted by molar-refractivity contribution is 6.05. The van der Waals surface area contributed by atoms with E-state index in [-0.39, 0.29) is 48.4 Å². The summed E-state index contributed by atoms with van der Waals surface area (Å²) in [5.74, 6) is -1.07. The highest BCUT2D eigenvalue weighted by Crippen LogP contribution is 2.45. The molecule has 2 saturated heterocycles. The van der Waals surface area contributed by atoms with Gasteiger partial charge in [-0.2, -0.15) is 0 Å². The minimum Gasteiger partial charge on any atom is -0.423 e. The Bertz CT molecular complexity index is 1440. The van der Waals surface area contributed by atoms with Crippen LogP contribution in [0, 0.1) is 11.2 Å². The lowest BCUT2D eigenvalue weighted by Crippen LogP contribution is -2.52. The molecule has 2 fully saturated rings. The van der Waals surface area contributed by atoms with E-state index in [1.54, 1.807) is 12.1 Å². The summed E-state index contributed by atoms with van der Waals surface area (Å²) in [4.78, 5) is 40.8. The molecule has 0 aliphatic carbocycles. The van der Waals surface area contributed by atoms with Crippen LogP contribution in [-0.2, 0) is 22.7 Å². The Hall–Kier alpha value is -3.92. The van der Waals surface area contributed by atoms with Crippen molar-refractivity contribution in [3.05, 3.63) is 70.9 Å². The van der Waals surface area contributed by atoms with Crippen molar-refractivity contribution >= 4 is 17.7 Å². The van der Waals surface area contributed by atoms with E-state index >= 15 is 4.39 Å². The van der Waals surface area contributed by atoms with Gasteiger partial charge in [0.25, 0.3) is 5.91 Å². The van der Waals surface area contributed by atoms with Crippen molar-refractivity contribution in [2.45, 2.75) is 58.2 Å². The number of imide groups is 1. The van der Waals surface area contributed by atoms with Crippen LogP contribution in [0.15, 0.2) is 47.2 Å². The Morgan fingerprint density at radius 1 is 1.10 bits per heavy atom. The van der Waals surface area contributed by atoms with Crippen molar-refractivity contribution in [3.63, 3.8) is 0 Å².